The summed E-state index contributed by atoms with van der Waals surface area (Å²) in [5, 5.41) is 11.6. The van der Waals surface area contributed by atoms with E-state index in [0.29, 0.717) is 48.4 Å². The van der Waals surface area contributed by atoms with Crippen LogP contribution in [0.1, 0.15) is 92.8 Å². The average Bonchev–Trinajstić information content (AvgIpc) is 2.90. The molecule has 192 valence electrons. The maximum atomic E-state index is 12.3. The van der Waals surface area contributed by atoms with Gasteiger partial charge in [0, 0.05) is 48.4 Å². The molecule has 0 radical (unpaired) electrons. The molecule has 4 aliphatic rings. The Bertz CT molecular complexity index is 853. The van der Waals surface area contributed by atoms with Crippen LogP contribution in [0.4, 0.5) is 0 Å². The van der Waals surface area contributed by atoms with Gasteiger partial charge in [-0.1, -0.05) is 25.7 Å². The van der Waals surface area contributed by atoms with Crippen LogP contribution in [0.5, 0.6) is 0 Å². The van der Waals surface area contributed by atoms with E-state index in [1.807, 2.05) is 0 Å². The van der Waals surface area contributed by atoms with Gasteiger partial charge in [0.1, 0.15) is 0 Å². The van der Waals surface area contributed by atoms with E-state index in [4.69, 9.17) is 0 Å². The zero-order valence-corrected chi connectivity index (χ0v) is 20.7. The van der Waals surface area contributed by atoms with Crippen LogP contribution in [0, 0.1) is 0 Å². The van der Waals surface area contributed by atoms with Crippen molar-refractivity contribution < 1.29 is 19.2 Å². The highest BCUT2D eigenvalue weighted by Gasteiger charge is 2.10. The summed E-state index contributed by atoms with van der Waals surface area (Å²) in [4.78, 5) is 49.3. The van der Waals surface area contributed by atoms with E-state index in [2.05, 4.69) is 21.3 Å². The number of amides is 4. The highest BCUT2D eigenvalue weighted by atomic mass is 16.2. The lowest BCUT2D eigenvalue weighted by atomic mass is 10.1. The molecule has 0 aliphatic carbocycles. The molecule has 0 aromatic heterocycles. The average molecular weight is 493 g/mol. The molecule has 8 heteroatoms. The monoisotopic (exact) mass is 492 g/mol. The first-order chi connectivity index (χ1) is 17.5. The van der Waals surface area contributed by atoms with Gasteiger partial charge in [-0.15, -0.1) is 0 Å². The van der Waals surface area contributed by atoms with Gasteiger partial charge in [0.25, 0.3) is 23.6 Å². The minimum Gasteiger partial charge on any atom is -0.352 e. The van der Waals surface area contributed by atoms with Crippen LogP contribution in [0.15, 0.2) is 48.5 Å². The Labute approximate surface area is 212 Å². The van der Waals surface area contributed by atoms with Crippen molar-refractivity contribution in [3.63, 3.8) is 0 Å². The lowest BCUT2D eigenvalue weighted by Gasteiger charge is -2.09. The van der Waals surface area contributed by atoms with Crippen molar-refractivity contribution in [2.75, 3.05) is 26.2 Å². The molecule has 4 bridgehead atoms. The Kier molecular flexibility index (Phi) is 11.0. The van der Waals surface area contributed by atoms with E-state index in [1.165, 1.54) is 0 Å². The van der Waals surface area contributed by atoms with Crippen molar-refractivity contribution >= 4 is 23.6 Å². The van der Waals surface area contributed by atoms with Crippen molar-refractivity contribution in [1.29, 1.82) is 0 Å². The number of rotatable bonds is 0. The van der Waals surface area contributed by atoms with Crippen molar-refractivity contribution in [3.8, 4) is 0 Å². The second-order valence-electron chi connectivity index (χ2n) is 9.01. The van der Waals surface area contributed by atoms with E-state index >= 15 is 0 Å². The van der Waals surface area contributed by atoms with Gasteiger partial charge in [0.05, 0.1) is 0 Å². The summed E-state index contributed by atoms with van der Waals surface area (Å²) in [6.07, 6.45) is 7.18. The summed E-state index contributed by atoms with van der Waals surface area (Å²) in [5.41, 5.74) is 2.12. The van der Waals surface area contributed by atoms with Gasteiger partial charge in [0.2, 0.25) is 0 Å². The van der Waals surface area contributed by atoms with Crippen molar-refractivity contribution in [2.24, 2.45) is 0 Å². The summed E-state index contributed by atoms with van der Waals surface area (Å²) in [6, 6.07) is 13.4. The predicted octanol–water partition coefficient (Wildman–Crippen LogP) is 3.44. The van der Waals surface area contributed by atoms with Crippen LogP contribution in [0.25, 0.3) is 0 Å². The molecular formula is C28H36N4O4. The number of benzene rings is 2. The number of hydrogen-bond donors (Lipinski definition) is 4. The standard InChI is InChI=1S/C28H36N4O4/c33-25-21-9-11-23(12-10-21)27(35)31-19-7-3-4-8-20-32-28(36)24-15-13-22(14-16-24)26(34)30-18-6-2-1-5-17-29-25/h9-16H,1-8,17-20H2,(H,29,33)(H,30,34)(H,31,35)(H,32,36). The lowest BCUT2D eigenvalue weighted by Crippen LogP contribution is -2.26. The van der Waals surface area contributed by atoms with Crippen LogP contribution in [-0.4, -0.2) is 49.8 Å². The number of nitrogens with one attached hydrogen (secondary N) is 4. The fraction of sp³-hybridized carbons (Fsp3) is 0.429. The normalized spacial score (nSPS) is 17.8. The van der Waals surface area contributed by atoms with Crippen LogP contribution in [0.2, 0.25) is 0 Å². The van der Waals surface area contributed by atoms with Crippen molar-refractivity contribution in [1.82, 2.24) is 21.3 Å². The number of carbonyl (C=O) groups is 4. The molecule has 0 spiro atoms. The predicted molar refractivity (Wildman–Crippen MR) is 139 cm³/mol. The largest absolute Gasteiger partial charge is 0.352 e. The molecule has 8 nitrogen and oxygen atoms in total. The highest BCUT2D eigenvalue weighted by Crippen LogP contribution is 2.08. The zero-order valence-electron chi connectivity index (χ0n) is 20.7. The molecule has 0 saturated carbocycles. The molecule has 0 saturated heterocycles. The SMILES string of the molecule is O=C1NCCCCCCNC(=O)c2ccc(cc2)C(=O)NCCCCCCNC(=O)c2ccc1cc2. The molecule has 36 heavy (non-hydrogen) atoms. The third-order valence-electron chi connectivity index (χ3n) is 6.17. The third-order valence-corrected chi connectivity index (χ3v) is 6.17. The molecule has 2 aromatic carbocycles. The fourth-order valence-electron chi connectivity index (χ4n) is 3.97. The minimum absolute atomic E-state index is 0.149. The molecule has 0 unspecified atom stereocenters. The highest BCUT2D eigenvalue weighted by molar-refractivity contribution is 5.98. The number of carbonyl (C=O) groups excluding carboxylic acids is 4. The maximum Gasteiger partial charge on any atom is 0.251 e. The third kappa shape index (κ3) is 8.83. The zero-order chi connectivity index (χ0) is 25.6. The second-order valence-corrected chi connectivity index (χ2v) is 9.01. The summed E-state index contributed by atoms with van der Waals surface area (Å²) in [7, 11) is 0. The van der Waals surface area contributed by atoms with E-state index in [1.54, 1.807) is 48.5 Å². The van der Waals surface area contributed by atoms with E-state index in [-0.39, 0.29) is 23.6 Å². The van der Waals surface area contributed by atoms with Gasteiger partial charge in [-0.25, -0.2) is 0 Å². The summed E-state index contributed by atoms with van der Waals surface area (Å²) >= 11 is 0. The Morgan fingerprint density at radius 1 is 0.333 bits per heavy atom. The van der Waals surface area contributed by atoms with Crippen LogP contribution in [0.3, 0.4) is 0 Å². The molecular weight excluding hydrogens is 456 g/mol. The van der Waals surface area contributed by atoms with Gasteiger partial charge in [-0.3, -0.25) is 19.2 Å². The summed E-state index contributed by atoms with van der Waals surface area (Å²) < 4.78 is 0. The Hall–Kier alpha value is -3.68. The molecule has 0 atom stereocenters. The first-order valence-electron chi connectivity index (χ1n) is 12.9. The Morgan fingerprint density at radius 2 is 0.528 bits per heavy atom. The Morgan fingerprint density at radius 3 is 0.722 bits per heavy atom. The summed E-state index contributed by atoms with van der Waals surface area (Å²) in [5.74, 6) is -0.594. The van der Waals surface area contributed by atoms with Gasteiger partial charge in [-0.2, -0.15) is 0 Å². The Balaban J connectivity index is 1.52. The smallest absolute Gasteiger partial charge is 0.251 e. The van der Waals surface area contributed by atoms with E-state index in [0.717, 1.165) is 51.4 Å². The molecule has 4 heterocycles. The van der Waals surface area contributed by atoms with Crippen molar-refractivity contribution in [3.05, 3.63) is 70.8 Å². The molecule has 0 fully saturated rings. The topological polar surface area (TPSA) is 116 Å². The van der Waals surface area contributed by atoms with Crippen LogP contribution >= 0.6 is 0 Å². The first kappa shape index (κ1) is 26.9. The van der Waals surface area contributed by atoms with Gasteiger partial charge in [-0.05, 0) is 74.2 Å². The second kappa shape index (κ2) is 14.7. The molecule has 2 aromatic rings. The van der Waals surface area contributed by atoms with Gasteiger partial charge >= 0.3 is 0 Å². The number of hydrogen-bond acceptors (Lipinski definition) is 4. The molecule has 4 N–H and O–H groups in total. The molecule has 6 rings (SSSR count). The lowest BCUT2D eigenvalue weighted by molar-refractivity contribution is 0.0939. The quantitative estimate of drug-likeness (QED) is 0.451. The molecule has 4 amide bonds. The summed E-state index contributed by atoms with van der Waals surface area (Å²) in [6.45, 7) is 2.31. The molecule has 4 aliphatic heterocycles. The van der Waals surface area contributed by atoms with E-state index in [9.17, 15) is 19.2 Å². The minimum atomic E-state index is -0.149. The fourth-order valence-corrected chi connectivity index (χ4v) is 3.97. The first-order valence-corrected chi connectivity index (χ1v) is 12.9. The van der Waals surface area contributed by atoms with E-state index < -0.39 is 0 Å². The van der Waals surface area contributed by atoms with Gasteiger partial charge < -0.3 is 21.3 Å². The van der Waals surface area contributed by atoms with Crippen LogP contribution in [-0.2, 0) is 0 Å². The van der Waals surface area contributed by atoms with Gasteiger partial charge in [0.15, 0.2) is 0 Å². The maximum absolute atomic E-state index is 12.3. The van der Waals surface area contributed by atoms with Crippen LogP contribution < -0.4 is 21.3 Å². The van der Waals surface area contributed by atoms with Crippen molar-refractivity contribution in [2.45, 2.75) is 51.4 Å².